The highest BCUT2D eigenvalue weighted by atomic mass is 16.5. The number of carbonyl (C=O) groups is 1. The molecule has 1 aromatic rings. The molecule has 1 aromatic carbocycles. The Bertz CT molecular complexity index is 420. The van der Waals surface area contributed by atoms with Gasteiger partial charge in [-0.3, -0.25) is 0 Å². The largest absolute Gasteiger partial charge is 0.449 e. The van der Waals surface area contributed by atoms with Gasteiger partial charge in [0.2, 0.25) is 0 Å². The number of ether oxygens (including phenoxy) is 1. The third kappa shape index (κ3) is 6.41. The molecular formula is C17H25NO2. The van der Waals surface area contributed by atoms with Crippen LogP contribution in [0.5, 0.6) is 0 Å². The summed E-state index contributed by atoms with van der Waals surface area (Å²) in [4.78, 5) is 11.7. The lowest BCUT2D eigenvalue weighted by atomic mass is 9.95. The molecule has 110 valence electrons. The molecule has 1 N–H and O–H groups in total. The fourth-order valence-electron chi connectivity index (χ4n) is 1.91. The van der Waals surface area contributed by atoms with Crippen molar-refractivity contribution in [3.8, 4) is 0 Å². The summed E-state index contributed by atoms with van der Waals surface area (Å²) in [5.74, 6) is 0.208. The topological polar surface area (TPSA) is 38.3 Å². The van der Waals surface area contributed by atoms with Crippen LogP contribution in [-0.4, -0.2) is 18.2 Å². The standard InChI is InChI=1S/C17H25NO2/c1-5-6-10-15(14-11-8-7-9-12-14)13-20-16(19)18-17(2,3)4/h5,7-9,11-12,15H,1,6,10,13H2,2-4H3,(H,18,19). The van der Waals surface area contributed by atoms with Crippen LogP contribution < -0.4 is 5.32 Å². The molecule has 1 rings (SSSR count). The van der Waals surface area contributed by atoms with Crippen LogP contribution in [0.15, 0.2) is 43.0 Å². The van der Waals surface area contributed by atoms with Crippen LogP contribution in [0.1, 0.15) is 45.1 Å². The molecule has 0 aromatic heterocycles. The molecule has 0 radical (unpaired) electrons. The summed E-state index contributed by atoms with van der Waals surface area (Å²) in [6.07, 6.45) is 3.36. The van der Waals surface area contributed by atoms with Crippen LogP contribution in [0.3, 0.4) is 0 Å². The van der Waals surface area contributed by atoms with Gasteiger partial charge in [0.25, 0.3) is 0 Å². The average molecular weight is 275 g/mol. The summed E-state index contributed by atoms with van der Waals surface area (Å²) < 4.78 is 5.35. The maximum Gasteiger partial charge on any atom is 0.407 e. The first-order chi connectivity index (χ1) is 9.42. The molecule has 0 saturated heterocycles. The van der Waals surface area contributed by atoms with Gasteiger partial charge < -0.3 is 10.1 Å². The predicted molar refractivity (Wildman–Crippen MR) is 82.9 cm³/mol. The second-order valence-corrected chi connectivity index (χ2v) is 5.95. The minimum absolute atomic E-state index is 0.208. The summed E-state index contributed by atoms with van der Waals surface area (Å²) in [5, 5.41) is 2.80. The van der Waals surface area contributed by atoms with Gasteiger partial charge in [-0.15, -0.1) is 6.58 Å². The Morgan fingerprint density at radius 3 is 2.55 bits per heavy atom. The van der Waals surface area contributed by atoms with Gasteiger partial charge in [0, 0.05) is 11.5 Å². The van der Waals surface area contributed by atoms with Crippen LogP contribution in [0.4, 0.5) is 4.79 Å². The van der Waals surface area contributed by atoms with Gasteiger partial charge >= 0.3 is 6.09 Å². The summed E-state index contributed by atoms with van der Waals surface area (Å²) in [7, 11) is 0. The third-order valence-electron chi connectivity index (χ3n) is 2.88. The van der Waals surface area contributed by atoms with E-state index in [-0.39, 0.29) is 17.6 Å². The van der Waals surface area contributed by atoms with Gasteiger partial charge in [-0.25, -0.2) is 4.79 Å². The molecule has 0 aliphatic carbocycles. The van der Waals surface area contributed by atoms with Gasteiger partial charge in [-0.2, -0.15) is 0 Å². The van der Waals surface area contributed by atoms with E-state index in [9.17, 15) is 4.79 Å². The number of hydrogen-bond acceptors (Lipinski definition) is 2. The number of carbonyl (C=O) groups excluding carboxylic acids is 1. The lowest BCUT2D eigenvalue weighted by Gasteiger charge is -2.22. The van der Waals surface area contributed by atoms with Gasteiger partial charge in [0.05, 0.1) is 0 Å². The summed E-state index contributed by atoms with van der Waals surface area (Å²) in [6, 6.07) is 10.1. The number of rotatable bonds is 6. The molecule has 1 unspecified atom stereocenters. The van der Waals surface area contributed by atoms with E-state index in [4.69, 9.17) is 4.74 Å². The second kappa shape index (κ2) is 7.73. The number of alkyl carbamates (subject to hydrolysis) is 1. The number of allylic oxidation sites excluding steroid dienone is 1. The average Bonchev–Trinajstić information content (AvgIpc) is 2.38. The molecule has 0 aliphatic heterocycles. The van der Waals surface area contributed by atoms with Crippen molar-refractivity contribution in [3.63, 3.8) is 0 Å². The van der Waals surface area contributed by atoms with Crippen molar-refractivity contribution in [1.82, 2.24) is 5.32 Å². The zero-order valence-electron chi connectivity index (χ0n) is 12.7. The Labute approximate surface area is 122 Å². The van der Waals surface area contributed by atoms with Crippen molar-refractivity contribution in [2.75, 3.05) is 6.61 Å². The molecule has 1 atom stereocenters. The van der Waals surface area contributed by atoms with E-state index in [0.29, 0.717) is 6.61 Å². The predicted octanol–water partition coefficient (Wildman–Crippen LogP) is 4.26. The Kier molecular flexibility index (Phi) is 6.29. The minimum Gasteiger partial charge on any atom is -0.449 e. The first-order valence-electron chi connectivity index (χ1n) is 7.03. The van der Waals surface area contributed by atoms with E-state index in [1.807, 2.05) is 45.0 Å². The van der Waals surface area contributed by atoms with Crippen molar-refractivity contribution in [2.45, 2.75) is 45.1 Å². The molecule has 1 amide bonds. The molecule has 3 nitrogen and oxygen atoms in total. The van der Waals surface area contributed by atoms with Crippen molar-refractivity contribution in [3.05, 3.63) is 48.6 Å². The minimum atomic E-state index is -0.364. The van der Waals surface area contributed by atoms with E-state index in [0.717, 1.165) is 12.8 Å². The fourth-order valence-corrected chi connectivity index (χ4v) is 1.91. The number of hydrogen-bond donors (Lipinski definition) is 1. The van der Waals surface area contributed by atoms with E-state index < -0.39 is 0 Å². The molecule has 0 fully saturated rings. The van der Waals surface area contributed by atoms with Gasteiger partial charge in [0.1, 0.15) is 6.61 Å². The normalized spacial score (nSPS) is 12.6. The van der Waals surface area contributed by atoms with E-state index in [1.54, 1.807) is 0 Å². The maximum absolute atomic E-state index is 11.7. The fraction of sp³-hybridized carbons (Fsp3) is 0.471. The Morgan fingerprint density at radius 2 is 2.00 bits per heavy atom. The maximum atomic E-state index is 11.7. The van der Waals surface area contributed by atoms with Gasteiger partial charge in [-0.05, 0) is 39.2 Å². The van der Waals surface area contributed by atoms with E-state index in [1.165, 1.54) is 5.56 Å². The van der Waals surface area contributed by atoms with Crippen LogP contribution in [0, 0.1) is 0 Å². The molecular weight excluding hydrogens is 250 g/mol. The summed E-state index contributed by atoms with van der Waals surface area (Å²) in [6.45, 7) is 9.93. The number of benzene rings is 1. The molecule has 20 heavy (non-hydrogen) atoms. The van der Waals surface area contributed by atoms with Crippen LogP contribution in [-0.2, 0) is 4.74 Å². The van der Waals surface area contributed by atoms with Crippen molar-refractivity contribution < 1.29 is 9.53 Å². The first-order valence-corrected chi connectivity index (χ1v) is 7.03. The zero-order chi connectivity index (χ0) is 15.0. The summed E-state index contributed by atoms with van der Waals surface area (Å²) in [5.41, 5.74) is 0.915. The third-order valence-corrected chi connectivity index (χ3v) is 2.88. The molecule has 0 heterocycles. The second-order valence-electron chi connectivity index (χ2n) is 5.95. The molecule has 0 bridgehead atoms. The lowest BCUT2D eigenvalue weighted by Crippen LogP contribution is -2.41. The van der Waals surface area contributed by atoms with E-state index >= 15 is 0 Å². The SMILES string of the molecule is C=CCCC(COC(=O)NC(C)(C)C)c1ccccc1. The van der Waals surface area contributed by atoms with Crippen LogP contribution >= 0.6 is 0 Å². The highest BCUT2D eigenvalue weighted by Gasteiger charge is 2.17. The van der Waals surface area contributed by atoms with Crippen LogP contribution in [0.25, 0.3) is 0 Å². The number of nitrogens with one attached hydrogen (secondary N) is 1. The highest BCUT2D eigenvalue weighted by molar-refractivity contribution is 5.68. The van der Waals surface area contributed by atoms with Crippen molar-refractivity contribution in [1.29, 1.82) is 0 Å². The quantitative estimate of drug-likeness (QED) is 0.788. The van der Waals surface area contributed by atoms with Crippen molar-refractivity contribution in [2.24, 2.45) is 0 Å². The first kappa shape index (κ1) is 16.3. The highest BCUT2D eigenvalue weighted by Crippen LogP contribution is 2.21. The molecule has 0 spiro atoms. The van der Waals surface area contributed by atoms with Crippen molar-refractivity contribution >= 4 is 6.09 Å². The lowest BCUT2D eigenvalue weighted by molar-refractivity contribution is 0.129. The zero-order valence-corrected chi connectivity index (χ0v) is 12.7. The molecule has 0 aliphatic rings. The van der Waals surface area contributed by atoms with Gasteiger partial charge in [-0.1, -0.05) is 36.4 Å². The summed E-state index contributed by atoms with van der Waals surface area (Å²) >= 11 is 0. The molecule has 3 heteroatoms. The Morgan fingerprint density at radius 1 is 1.35 bits per heavy atom. The monoisotopic (exact) mass is 275 g/mol. The van der Waals surface area contributed by atoms with Gasteiger partial charge in [0.15, 0.2) is 0 Å². The molecule has 0 saturated carbocycles. The Balaban J connectivity index is 2.58. The van der Waals surface area contributed by atoms with E-state index in [2.05, 4.69) is 24.0 Å². The smallest absolute Gasteiger partial charge is 0.407 e. The Hall–Kier alpha value is -1.77. The van der Waals surface area contributed by atoms with Crippen LogP contribution in [0.2, 0.25) is 0 Å². The number of amides is 1.